The predicted molar refractivity (Wildman–Crippen MR) is 78.9 cm³/mol. The molecule has 0 saturated heterocycles. The van der Waals surface area contributed by atoms with Gasteiger partial charge in [0.1, 0.15) is 0 Å². The van der Waals surface area contributed by atoms with Gasteiger partial charge in [-0.05, 0) is 28.3 Å². The molecule has 3 nitrogen and oxygen atoms in total. The smallest absolute Gasteiger partial charge is 0.330 e. The Morgan fingerprint density at radius 1 is 1.05 bits per heavy atom. The molecule has 0 aliphatic rings. The van der Waals surface area contributed by atoms with Gasteiger partial charge in [0.15, 0.2) is 0 Å². The topological polar surface area (TPSA) is 46.5 Å². The molecule has 0 radical (unpaired) electrons. The molecule has 2 aromatic rings. The number of carbonyl (C=O) groups excluding carboxylic acids is 1. The number of esters is 1. The lowest BCUT2D eigenvalue weighted by Gasteiger charge is -2.03. The van der Waals surface area contributed by atoms with Crippen LogP contribution in [-0.2, 0) is 16.1 Å². The largest absolute Gasteiger partial charge is 0.466 e. The molecule has 0 bridgehead atoms. The molecule has 0 fully saturated rings. The summed E-state index contributed by atoms with van der Waals surface area (Å²) in [6.07, 6.45) is 3.11. The van der Waals surface area contributed by atoms with E-state index in [0.717, 1.165) is 22.3 Å². The van der Waals surface area contributed by atoms with Crippen LogP contribution in [0.4, 0.5) is 0 Å². The highest BCUT2D eigenvalue weighted by molar-refractivity contribution is 5.87. The number of carbonyl (C=O) groups is 1. The molecular weight excluding hydrogens is 252 g/mol. The van der Waals surface area contributed by atoms with E-state index in [4.69, 9.17) is 5.11 Å². The molecule has 2 aromatic carbocycles. The third-order valence-corrected chi connectivity index (χ3v) is 2.99. The molecule has 0 aromatic heterocycles. The van der Waals surface area contributed by atoms with Crippen LogP contribution in [0.5, 0.6) is 0 Å². The second-order valence-corrected chi connectivity index (χ2v) is 4.33. The minimum Gasteiger partial charge on any atom is -0.466 e. The summed E-state index contributed by atoms with van der Waals surface area (Å²) in [5.74, 6) is -0.367. The standard InChI is InChI=1S/C17H16O3/c1-20-17(19)11-6-13-2-7-15(8-3-13)16-9-4-14(12-18)5-10-16/h2-11,18H,12H2,1H3/b11-6+. The fraction of sp³-hybridized carbons (Fsp3) is 0.118. The van der Waals surface area contributed by atoms with E-state index in [-0.39, 0.29) is 12.6 Å². The van der Waals surface area contributed by atoms with Crippen LogP contribution < -0.4 is 0 Å². The Kier molecular flexibility index (Phi) is 4.69. The summed E-state index contributed by atoms with van der Waals surface area (Å²) in [6.45, 7) is 0.0531. The lowest BCUT2D eigenvalue weighted by molar-refractivity contribution is -0.134. The monoisotopic (exact) mass is 268 g/mol. The van der Waals surface area contributed by atoms with Crippen molar-refractivity contribution in [2.45, 2.75) is 6.61 Å². The van der Waals surface area contributed by atoms with Crippen molar-refractivity contribution in [2.24, 2.45) is 0 Å². The van der Waals surface area contributed by atoms with Gasteiger partial charge in [0, 0.05) is 6.08 Å². The molecule has 2 rings (SSSR count). The molecule has 1 N–H and O–H groups in total. The summed E-state index contributed by atoms with van der Waals surface area (Å²) < 4.78 is 4.54. The number of methoxy groups -OCH3 is 1. The molecule has 0 aliphatic carbocycles. The van der Waals surface area contributed by atoms with Crippen molar-refractivity contribution in [1.29, 1.82) is 0 Å². The second kappa shape index (κ2) is 6.68. The van der Waals surface area contributed by atoms with Gasteiger partial charge in [0.05, 0.1) is 13.7 Å². The Morgan fingerprint density at radius 3 is 2.10 bits per heavy atom. The Hall–Kier alpha value is -2.39. The lowest BCUT2D eigenvalue weighted by atomic mass is 10.0. The molecule has 3 heteroatoms. The molecule has 0 aliphatic heterocycles. The van der Waals surface area contributed by atoms with Gasteiger partial charge in [-0.25, -0.2) is 4.79 Å². The quantitative estimate of drug-likeness (QED) is 0.685. The van der Waals surface area contributed by atoms with E-state index in [2.05, 4.69) is 4.74 Å². The Balaban J connectivity index is 2.14. The van der Waals surface area contributed by atoms with Crippen molar-refractivity contribution in [2.75, 3.05) is 7.11 Å². The highest BCUT2D eigenvalue weighted by Gasteiger charge is 1.98. The summed E-state index contributed by atoms with van der Waals surface area (Å²) in [6, 6.07) is 15.6. The zero-order valence-electron chi connectivity index (χ0n) is 11.2. The zero-order chi connectivity index (χ0) is 14.4. The van der Waals surface area contributed by atoms with Crippen LogP contribution in [0.15, 0.2) is 54.6 Å². The van der Waals surface area contributed by atoms with Crippen molar-refractivity contribution in [3.63, 3.8) is 0 Å². The molecule has 0 unspecified atom stereocenters. The zero-order valence-corrected chi connectivity index (χ0v) is 11.2. The molecule has 102 valence electrons. The van der Waals surface area contributed by atoms with Crippen LogP contribution in [0.3, 0.4) is 0 Å². The highest BCUT2D eigenvalue weighted by atomic mass is 16.5. The SMILES string of the molecule is COC(=O)/C=C/c1ccc(-c2ccc(CO)cc2)cc1. The number of benzene rings is 2. The maximum atomic E-state index is 11.0. The molecular formula is C17H16O3. The molecule has 0 atom stereocenters. The summed E-state index contributed by atoms with van der Waals surface area (Å²) >= 11 is 0. The van der Waals surface area contributed by atoms with Crippen molar-refractivity contribution >= 4 is 12.0 Å². The normalized spacial score (nSPS) is 10.7. The molecule has 0 spiro atoms. The average molecular weight is 268 g/mol. The Bertz CT molecular complexity index is 595. The fourth-order valence-corrected chi connectivity index (χ4v) is 1.82. The first kappa shape index (κ1) is 14.0. The van der Waals surface area contributed by atoms with Crippen LogP contribution in [0, 0.1) is 0 Å². The fourth-order valence-electron chi connectivity index (χ4n) is 1.82. The van der Waals surface area contributed by atoms with Gasteiger partial charge in [0.2, 0.25) is 0 Å². The van der Waals surface area contributed by atoms with Gasteiger partial charge < -0.3 is 9.84 Å². The molecule has 0 saturated carbocycles. The Labute approximate surface area is 118 Å². The van der Waals surface area contributed by atoms with Crippen LogP contribution in [0.2, 0.25) is 0 Å². The van der Waals surface area contributed by atoms with Gasteiger partial charge in [-0.2, -0.15) is 0 Å². The van der Waals surface area contributed by atoms with Gasteiger partial charge in [-0.1, -0.05) is 48.5 Å². The first-order valence-electron chi connectivity index (χ1n) is 6.29. The number of hydrogen-bond acceptors (Lipinski definition) is 3. The third kappa shape index (κ3) is 3.56. The molecule has 0 heterocycles. The van der Waals surface area contributed by atoms with Crippen molar-refractivity contribution < 1.29 is 14.6 Å². The summed E-state index contributed by atoms with van der Waals surface area (Å²) in [4.78, 5) is 11.0. The number of hydrogen-bond donors (Lipinski definition) is 1. The third-order valence-electron chi connectivity index (χ3n) is 2.99. The van der Waals surface area contributed by atoms with E-state index < -0.39 is 0 Å². The number of ether oxygens (including phenoxy) is 1. The Morgan fingerprint density at radius 2 is 1.60 bits per heavy atom. The van der Waals surface area contributed by atoms with Crippen LogP contribution in [0.1, 0.15) is 11.1 Å². The number of aliphatic hydroxyl groups excluding tert-OH is 1. The number of rotatable bonds is 4. The number of aliphatic hydroxyl groups is 1. The highest BCUT2D eigenvalue weighted by Crippen LogP contribution is 2.20. The first-order valence-corrected chi connectivity index (χ1v) is 6.29. The summed E-state index contributed by atoms with van der Waals surface area (Å²) in [7, 11) is 1.35. The van der Waals surface area contributed by atoms with Crippen molar-refractivity contribution in [3.05, 3.63) is 65.7 Å². The van der Waals surface area contributed by atoms with E-state index in [1.807, 2.05) is 48.5 Å². The molecule has 0 amide bonds. The van der Waals surface area contributed by atoms with Gasteiger partial charge >= 0.3 is 5.97 Å². The lowest BCUT2D eigenvalue weighted by Crippen LogP contribution is -1.93. The first-order chi connectivity index (χ1) is 9.72. The van der Waals surface area contributed by atoms with Crippen LogP contribution in [-0.4, -0.2) is 18.2 Å². The van der Waals surface area contributed by atoms with Crippen LogP contribution in [0.25, 0.3) is 17.2 Å². The van der Waals surface area contributed by atoms with E-state index in [1.165, 1.54) is 13.2 Å². The maximum Gasteiger partial charge on any atom is 0.330 e. The maximum absolute atomic E-state index is 11.0. The molecule has 20 heavy (non-hydrogen) atoms. The summed E-state index contributed by atoms with van der Waals surface area (Å²) in [5.41, 5.74) is 4.01. The minimum absolute atomic E-state index is 0.0531. The van der Waals surface area contributed by atoms with Gasteiger partial charge in [-0.3, -0.25) is 0 Å². The van der Waals surface area contributed by atoms with Crippen molar-refractivity contribution in [1.82, 2.24) is 0 Å². The second-order valence-electron chi connectivity index (χ2n) is 4.33. The van der Waals surface area contributed by atoms with Crippen LogP contribution >= 0.6 is 0 Å². The average Bonchev–Trinajstić information content (AvgIpc) is 2.53. The van der Waals surface area contributed by atoms with E-state index >= 15 is 0 Å². The van der Waals surface area contributed by atoms with E-state index in [1.54, 1.807) is 6.08 Å². The van der Waals surface area contributed by atoms with Gasteiger partial charge in [-0.15, -0.1) is 0 Å². The van der Waals surface area contributed by atoms with Crippen molar-refractivity contribution in [3.8, 4) is 11.1 Å². The van der Waals surface area contributed by atoms with E-state index in [0.29, 0.717) is 0 Å². The summed E-state index contributed by atoms with van der Waals surface area (Å²) in [5, 5.41) is 9.01. The predicted octanol–water partition coefficient (Wildman–Crippen LogP) is 3.03. The van der Waals surface area contributed by atoms with Gasteiger partial charge in [0.25, 0.3) is 0 Å². The minimum atomic E-state index is -0.367. The van der Waals surface area contributed by atoms with E-state index in [9.17, 15) is 4.79 Å².